The highest BCUT2D eigenvalue weighted by Gasteiger charge is 2.36. The van der Waals surface area contributed by atoms with E-state index in [1.807, 2.05) is 11.3 Å². The summed E-state index contributed by atoms with van der Waals surface area (Å²) in [6.07, 6.45) is 4.14. The van der Waals surface area contributed by atoms with Gasteiger partial charge in [-0.1, -0.05) is 0 Å². The summed E-state index contributed by atoms with van der Waals surface area (Å²) in [6.45, 7) is 5.77. The third-order valence-corrected chi connectivity index (χ3v) is 5.10. The molecule has 0 aromatic carbocycles. The van der Waals surface area contributed by atoms with Gasteiger partial charge in [0.25, 0.3) is 0 Å². The van der Waals surface area contributed by atoms with Gasteiger partial charge in [0.15, 0.2) is 0 Å². The largest absolute Gasteiger partial charge is 0.310 e. The summed E-state index contributed by atoms with van der Waals surface area (Å²) in [6, 6.07) is 0.698. The molecule has 0 radical (unpaired) electrons. The molecule has 2 unspecified atom stereocenters. The van der Waals surface area contributed by atoms with E-state index in [-0.39, 0.29) is 0 Å². The summed E-state index contributed by atoms with van der Waals surface area (Å²) >= 11 is 2.03. The minimum Gasteiger partial charge on any atom is -0.310 e. The third kappa shape index (κ3) is 1.10. The molecule has 14 heavy (non-hydrogen) atoms. The van der Waals surface area contributed by atoms with Crippen molar-refractivity contribution in [1.82, 2.24) is 5.32 Å². The first-order valence-corrected chi connectivity index (χ1v) is 6.41. The quantitative estimate of drug-likeness (QED) is 0.689. The average molecular weight is 207 g/mol. The van der Waals surface area contributed by atoms with Crippen LogP contribution in [0.1, 0.15) is 39.8 Å². The molecule has 1 N–H and O–H groups in total. The van der Waals surface area contributed by atoms with Crippen molar-refractivity contribution in [3.63, 3.8) is 0 Å². The van der Waals surface area contributed by atoms with E-state index in [0.717, 1.165) is 5.92 Å². The molecule has 0 saturated carbocycles. The minimum absolute atomic E-state index is 0.698. The Labute approximate surface area is 89.5 Å². The fraction of sp³-hybridized carbons (Fsp3) is 0.667. The predicted molar refractivity (Wildman–Crippen MR) is 61.0 cm³/mol. The molecule has 0 spiro atoms. The molecule has 1 aromatic heterocycles. The Balaban J connectivity index is 2.05. The van der Waals surface area contributed by atoms with Crippen LogP contribution in [0.4, 0.5) is 0 Å². The van der Waals surface area contributed by atoms with Crippen LogP contribution in [0.15, 0.2) is 0 Å². The van der Waals surface area contributed by atoms with E-state index in [1.165, 1.54) is 30.7 Å². The normalized spacial score (nSPS) is 30.1. The van der Waals surface area contributed by atoms with Gasteiger partial charge >= 0.3 is 0 Å². The Hall–Kier alpha value is -0.340. The number of thiophene rings is 1. The van der Waals surface area contributed by atoms with Gasteiger partial charge in [-0.15, -0.1) is 11.3 Å². The maximum absolute atomic E-state index is 3.70. The Morgan fingerprint density at radius 2 is 2.21 bits per heavy atom. The molecule has 0 amide bonds. The molecule has 2 heterocycles. The molecular weight excluding hydrogens is 190 g/mol. The van der Waals surface area contributed by atoms with E-state index >= 15 is 0 Å². The number of aryl methyl sites for hydroxylation is 1. The first-order chi connectivity index (χ1) is 6.77. The molecule has 2 heteroatoms. The highest BCUT2D eigenvalue weighted by molar-refractivity contribution is 7.12. The van der Waals surface area contributed by atoms with Crippen LogP contribution in [0, 0.1) is 19.8 Å². The zero-order chi connectivity index (χ0) is 9.71. The number of fused-ring (bicyclic) bond motifs is 3. The van der Waals surface area contributed by atoms with E-state index in [9.17, 15) is 0 Å². The van der Waals surface area contributed by atoms with Gasteiger partial charge in [0.2, 0.25) is 0 Å². The van der Waals surface area contributed by atoms with Crippen LogP contribution >= 0.6 is 11.3 Å². The van der Waals surface area contributed by atoms with Gasteiger partial charge < -0.3 is 5.32 Å². The molecular formula is C12H17NS. The summed E-state index contributed by atoms with van der Waals surface area (Å²) in [5.41, 5.74) is 3.23. The molecule has 1 nitrogen and oxygen atoms in total. The monoisotopic (exact) mass is 207 g/mol. The third-order valence-electron chi connectivity index (χ3n) is 3.85. The van der Waals surface area contributed by atoms with Crippen LogP contribution in [-0.2, 0) is 6.42 Å². The second-order valence-electron chi connectivity index (χ2n) is 4.66. The maximum Gasteiger partial charge on any atom is 0.0365 e. The molecule has 3 rings (SSSR count). The number of hydrogen-bond acceptors (Lipinski definition) is 2. The van der Waals surface area contributed by atoms with E-state index in [4.69, 9.17) is 0 Å². The summed E-state index contributed by atoms with van der Waals surface area (Å²) in [5.74, 6) is 0.907. The van der Waals surface area contributed by atoms with Gasteiger partial charge in [-0.05, 0) is 56.7 Å². The van der Waals surface area contributed by atoms with Crippen molar-refractivity contribution >= 4 is 11.3 Å². The lowest BCUT2D eigenvalue weighted by Gasteiger charge is -2.27. The molecule has 2 atom stereocenters. The molecule has 1 aliphatic heterocycles. The maximum atomic E-state index is 3.70. The molecule has 0 bridgehead atoms. The topological polar surface area (TPSA) is 12.0 Å². The van der Waals surface area contributed by atoms with Crippen molar-refractivity contribution in [2.24, 2.45) is 5.92 Å². The zero-order valence-corrected chi connectivity index (χ0v) is 9.71. The van der Waals surface area contributed by atoms with Crippen LogP contribution in [0.5, 0.6) is 0 Å². The Bertz CT molecular complexity index is 367. The molecule has 1 aromatic rings. The summed E-state index contributed by atoms with van der Waals surface area (Å²) in [4.78, 5) is 3.20. The second kappa shape index (κ2) is 3.07. The first kappa shape index (κ1) is 8.93. The molecule has 2 aliphatic rings. The van der Waals surface area contributed by atoms with Crippen molar-refractivity contribution in [2.75, 3.05) is 6.54 Å². The zero-order valence-electron chi connectivity index (χ0n) is 8.89. The number of piperidine rings is 1. The SMILES string of the molecule is Cc1sc2c(c1C)C1NCCCC1C2. The Morgan fingerprint density at radius 1 is 1.36 bits per heavy atom. The second-order valence-corrected chi connectivity index (χ2v) is 5.97. The van der Waals surface area contributed by atoms with Gasteiger partial charge in [-0.25, -0.2) is 0 Å². The predicted octanol–water partition coefficient (Wildman–Crippen LogP) is 2.96. The van der Waals surface area contributed by atoms with Crippen LogP contribution in [0.25, 0.3) is 0 Å². The fourth-order valence-electron chi connectivity index (χ4n) is 3.02. The van der Waals surface area contributed by atoms with Crippen molar-refractivity contribution in [1.29, 1.82) is 0 Å². The van der Waals surface area contributed by atoms with Crippen molar-refractivity contribution < 1.29 is 0 Å². The highest BCUT2D eigenvalue weighted by atomic mass is 32.1. The standard InChI is InChI=1S/C12H17NS/c1-7-8(2)14-10-6-9-4-3-5-13-12(9)11(7)10/h9,12-13H,3-6H2,1-2H3. The summed E-state index contributed by atoms with van der Waals surface area (Å²) in [5, 5.41) is 3.70. The summed E-state index contributed by atoms with van der Waals surface area (Å²) in [7, 11) is 0. The lowest BCUT2D eigenvalue weighted by Crippen LogP contribution is -2.31. The van der Waals surface area contributed by atoms with Crippen LogP contribution < -0.4 is 5.32 Å². The highest BCUT2D eigenvalue weighted by Crippen LogP contribution is 2.46. The molecule has 1 aliphatic carbocycles. The Kier molecular flexibility index (Phi) is 1.96. The van der Waals surface area contributed by atoms with Gasteiger partial charge in [0.1, 0.15) is 0 Å². The minimum atomic E-state index is 0.698. The Morgan fingerprint density at radius 3 is 3.07 bits per heavy atom. The number of nitrogens with one attached hydrogen (secondary N) is 1. The summed E-state index contributed by atoms with van der Waals surface area (Å²) < 4.78 is 0. The van der Waals surface area contributed by atoms with Gasteiger partial charge in [0.05, 0.1) is 0 Å². The van der Waals surface area contributed by atoms with Gasteiger partial charge in [0, 0.05) is 15.8 Å². The molecule has 1 saturated heterocycles. The van der Waals surface area contributed by atoms with Gasteiger partial charge in [-0.3, -0.25) is 0 Å². The lowest BCUT2D eigenvalue weighted by atomic mass is 9.91. The van der Waals surface area contributed by atoms with Crippen molar-refractivity contribution in [3.8, 4) is 0 Å². The van der Waals surface area contributed by atoms with E-state index < -0.39 is 0 Å². The van der Waals surface area contributed by atoms with Crippen molar-refractivity contribution in [3.05, 3.63) is 20.9 Å². The van der Waals surface area contributed by atoms with Crippen LogP contribution in [0.2, 0.25) is 0 Å². The smallest absolute Gasteiger partial charge is 0.0365 e. The van der Waals surface area contributed by atoms with Crippen LogP contribution in [-0.4, -0.2) is 6.54 Å². The van der Waals surface area contributed by atoms with E-state index in [0.29, 0.717) is 6.04 Å². The number of hydrogen-bond donors (Lipinski definition) is 1. The van der Waals surface area contributed by atoms with E-state index in [1.54, 1.807) is 16.0 Å². The number of rotatable bonds is 0. The molecule has 1 fully saturated rings. The molecule has 76 valence electrons. The van der Waals surface area contributed by atoms with Gasteiger partial charge in [-0.2, -0.15) is 0 Å². The fourth-order valence-corrected chi connectivity index (χ4v) is 4.34. The lowest BCUT2D eigenvalue weighted by molar-refractivity contribution is 0.306. The average Bonchev–Trinajstić information content (AvgIpc) is 2.65. The van der Waals surface area contributed by atoms with Crippen molar-refractivity contribution in [2.45, 2.75) is 39.2 Å². The van der Waals surface area contributed by atoms with Crippen LogP contribution in [0.3, 0.4) is 0 Å². The first-order valence-electron chi connectivity index (χ1n) is 5.59. The van der Waals surface area contributed by atoms with E-state index in [2.05, 4.69) is 19.2 Å².